The Hall–Kier alpha value is -3.77. The number of carbonyl (C=O) groups is 2. The number of aromatic hydroxyl groups is 1. The fourth-order valence-corrected chi connectivity index (χ4v) is 8.42. The molecule has 7 rings (SSSR count). The largest absolute Gasteiger partial charge is 0.507 e. The summed E-state index contributed by atoms with van der Waals surface area (Å²) in [6, 6.07) is 17.7. The molecule has 6 nitrogen and oxygen atoms in total. The number of nitrogens with zero attached hydrogens (tertiary/aromatic N) is 2. The smallest absolute Gasteiger partial charge is 0.234 e. The molecule has 2 aliphatic carbocycles. The second kappa shape index (κ2) is 12.0. The van der Waals surface area contributed by atoms with Crippen molar-refractivity contribution in [2.45, 2.75) is 77.4 Å². The summed E-state index contributed by atoms with van der Waals surface area (Å²) in [5.41, 5.74) is 5.65. The Morgan fingerprint density at radius 2 is 1.75 bits per heavy atom. The van der Waals surface area contributed by atoms with Gasteiger partial charge in [0.1, 0.15) is 5.75 Å². The van der Waals surface area contributed by atoms with E-state index in [-0.39, 0.29) is 47.5 Å². The maximum atomic E-state index is 14.0. The molecule has 3 aromatic rings. The lowest BCUT2D eigenvalue weighted by atomic mass is 9.67. The Morgan fingerprint density at radius 3 is 2.50 bits per heavy atom. The van der Waals surface area contributed by atoms with Gasteiger partial charge in [-0.3, -0.25) is 19.5 Å². The van der Waals surface area contributed by atoms with Gasteiger partial charge < -0.3 is 9.84 Å². The molecule has 4 aliphatic rings. The summed E-state index contributed by atoms with van der Waals surface area (Å²) in [6.07, 6.45) is 11.4. The molecule has 3 heterocycles. The van der Waals surface area contributed by atoms with Gasteiger partial charge in [0.05, 0.1) is 30.2 Å². The van der Waals surface area contributed by atoms with Gasteiger partial charge in [0.2, 0.25) is 11.8 Å². The molecule has 228 valence electrons. The fraction of sp³-hybridized carbons (Fsp3) is 0.447. The maximum Gasteiger partial charge on any atom is 0.234 e. The molecule has 0 bridgehead atoms. The normalized spacial score (nSPS) is 26.2. The van der Waals surface area contributed by atoms with Crippen LogP contribution >= 0.6 is 0 Å². The average Bonchev–Trinajstić information content (AvgIpc) is 3.58. The minimum Gasteiger partial charge on any atom is -0.507 e. The van der Waals surface area contributed by atoms with Crippen LogP contribution in [0, 0.1) is 23.7 Å². The standard InChI is InChI=1S/C38H42N2O4/c1-23(2)29-21-30-36(38(43)40(37(30)42)26-10-4-3-5-11-26)31-22-44-34(35(29)31)18-16-25(32-14-8-9-19-39-32)20-24-15-17-33(41)28-13-7-6-12-27(24)28/h6-9,12-15,17,19-20,23,26,30-31,34,36,41H,3-5,10-11,16,18,21-22H2,1-2H3/b25-20-/t30-,31+,34-,36-/m1/s1. The van der Waals surface area contributed by atoms with Crippen LogP contribution in [-0.4, -0.2) is 45.6 Å². The number of aromatic nitrogens is 1. The van der Waals surface area contributed by atoms with E-state index >= 15 is 0 Å². The summed E-state index contributed by atoms with van der Waals surface area (Å²) < 4.78 is 6.55. The molecule has 1 saturated carbocycles. The van der Waals surface area contributed by atoms with Gasteiger partial charge in [-0.15, -0.1) is 0 Å². The van der Waals surface area contributed by atoms with Crippen LogP contribution in [0.2, 0.25) is 0 Å². The van der Waals surface area contributed by atoms with Crippen molar-refractivity contribution in [3.05, 3.63) is 83.2 Å². The van der Waals surface area contributed by atoms with E-state index in [0.29, 0.717) is 18.9 Å². The van der Waals surface area contributed by atoms with Crippen LogP contribution in [0.5, 0.6) is 5.75 Å². The van der Waals surface area contributed by atoms with E-state index in [9.17, 15) is 14.7 Å². The number of amides is 2. The first-order valence-electron chi connectivity index (χ1n) is 16.5. The fourth-order valence-electron chi connectivity index (χ4n) is 8.42. The van der Waals surface area contributed by atoms with Crippen LogP contribution < -0.4 is 0 Å². The molecule has 2 aliphatic heterocycles. The van der Waals surface area contributed by atoms with E-state index in [1.807, 2.05) is 54.7 Å². The van der Waals surface area contributed by atoms with Gasteiger partial charge in [-0.25, -0.2) is 0 Å². The van der Waals surface area contributed by atoms with Crippen LogP contribution in [0.4, 0.5) is 0 Å². The molecule has 4 atom stereocenters. The Labute approximate surface area is 259 Å². The number of carbonyl (C=O) groups excluding carboxylic acids is 2. The Bertz CT molecular complexity index is 1640. The summed E-state index contributed by atoms with van der Waals surface area (Å²) in [7, 11) is 0. The van der Waals surface area contributed by atoms with E-state index in [1.165, 1.54) is 17.6 Å². The van der Waals surface area contributed by atoms with Gasteiger partial charge in [0.15, 0.2) is 0 Å². The number of allylic oxidation sites excluding steroid dienone is 2. The van der Waals surface area contributed by atoms with Crippen molar-refractivity contribution in [2.75, 3.05) is 6.61 Å². The molecular weight excluding hydrogens is 548 g/mol. The SMILES string of the molecule is CC(C)C1=C2[C@@H](CC/C(=C/c3ccc(O)c4ccccc34)c3ccccn3)OC[C@@H]2[C@@H]2C(=O)N(C3CCCCC3)C(=O)[C@@H]2C1. The molecule has 1 N–H and O–H groups in total. The Morgan fingerprint density at radius 1 is 0.977 bits per heavy atom. The molecule has 0 spiro atoms. The summed E-state index contributed by atoms with van der Waals surface area (Å²) in [6.45, 7) is 4.93. The average molecular weight is 591 g/mol. The van der Waals surface area contributed by atoms with E-state index in [1.54, 1.807) is 11.0 Å². The molecular formula is C38H42N2O4. The predicted octanol–water partition coefficient (Wildman–Crippen LogP) is 7.57. The lowest BCUT2D eigenvalue weighted by Gasteiger charge is -2.33. The first-order chi connectivity index (χ1) is 21.4. The number of likely N-dealkylation sites (tertiary alicyclic amines) is 1. The molecule has 6 heteroatoms. The highest BCUT2D eigenvalue weighted by Crippen LogP contribution is 2.52. The lowest BCUT2D eigenvalue weighted by molar-refractivity contribution is -0.143. The minimum absolute atomic E-state index is 0.0236. The topological polar surface area (TPSA) is 79.7 Å². The molecule has 3 fully saturated rings. The van der Waals surface area contributed by atoms with Gasteiger partial charge in [0, 0.05) is 23.5 Å². The van der Waals surface area contributed by atoms with Crippen LogP contribution in [0.1, 0.15) is 76.5 Å². The number of phenolic OH excluding ortho intramolecular Hbond substituents is 1. The molecule has 0 radical (unpaired) electrons. The third kappa shape index (κ3) is 5.07. The Kier molecular flexibility index (Phi) is 7.88. The van der Waals surface area contributed by atoms with Crippen molar-refractivity contribution >= 4 is 34.2 Å². The zero-order valence-corrected chi connectivity index (χ0v) is 25.7. The molecule has 2 aromatic carbocycles. The number of imide groups is 1. The highest BCUT2D eigenvalue weighted by molar-refractivity contribution is 6.06. The van der Waals surface area contributed by atoms with Gasteiger partial charge in [-0.2, -0.15) is 0 Å². The van der Waals surface area contributed by atoms with Gasteiger partial charge in [-0.05, 0) is 84.4 Å². The molecule has 2 saturated heterocycles. The van der Waals surface area contributed by atoms with Gasteiger partial charge >= 0.3 is 0 Å². The number of pyridine rings is 1. The monoisotopic (exact) mass is 590 g/mol. The van der Waals surface area contributed by atoms with Gasteiger partial charge in [-0.1, -0.05) is 75.1 Å². The first-order valence-corrected chi connectivity index (χ1v) is 16.5. The number of ether oxygens (including phenoxy) is 1. The van der Waals surface area contributed by atoms with Crippen molar-refractivity contribution in [3.63, 3.8) is 0 Å². The second-order valence-corrected chi connectivity index (χ2v) is 13.4. The zero-order valence-electron chi connectivity index (χ0n) is 25.7. The highest BCUT2D eigenvalue weighted by Gasteiger charge is 2.58. The van der Waals surface area contributed by atoms with Crippen molar-refractivity contribution in [3.8, 4) is 5.75 Å². The summed E-state index contributed by atoms with van der Waals surface area (Å²) >= 11 is 0. The summed E-state index contributed by atoms with van der Waals surface area (Å²) in [4.78, 5) is 34.1. The molecule has 0 unspecified atom stereocenters. The van der Waals surface area contributed by atoms with E-state index in [4.69, 9.17) is 9.72 Å². The quantitative estimate of drug-likeness (QED) is 0.227. The minimum atomic E-state index is -0.291. The predicted molar refractivity (Wildman–Crippen MR) is 172 cm³/mol. The lowest BCUT2D eigenvalue weighted by Crippen LogP contribution is -2.42. The number of rotatable bonds is 7. The van der Waals surface area contributed by atoms with Crippen LogP contribution in [0.3, 0.4) is 0 Å². The number of benzene rings is 2. The third-order valence-corrected chi connectivity index (χ3v) is 10.5. The van der Waals surface area contributed by atoms with Gasteiger partial charge in [0.25, 0.3) is 0 Å². The number of fused-ring (bicyclic) bond motifs is 4. The summed E-state index contributed by atoms with van der Waals surface area (Å²) in [5, 5.41) is 12.3. The van der Waals surface area contributed by atoms with Crippen molar-refractivity contribution < 1.29 is 19.4 Å². The zero-order chi connectivity index (χ0) is 30.4. The van der Waals surface area contributed by atoms with E-state index < -0.39 is 0 Å². The molecule has 1 aromatic heterocycles. The highest BCUT2D eigenvalue weighted by atomic mass is 16.5. The number of hydrogen-bond donors (Lipinski definition) is 1. The maximum absolute atomic E-state index is 14.0. The number of hydrogen-bond acceptors (Lipinski definition) is 5. The second-order valence-electron chi connectivity index (χ2n) is 13.4. The van der Waals surface area contributed by atoms with Crippen LogP contribution in [-0.2, 0) is 14.3 Å². The van der Waals surface area contributed by atoms with Crippen LogP contribution in [0.15, 0.2) is 71.9 Å². The van der Waals surface area contributed by atoms with E-state index in [0.717, 1.165) is 66.1 Å². The Balaban J connectivity index is 1.19. The van der Waals surface area contributed by atoms with Crippen molar-refractivity contribution in [2.24, 2.45) is 23.7 Å². The summed E-state index contributed by atoms with van der Waals surface area (Å²) in [5.74, 6) is 0.116. The molecule has 44 heavy (non-hydrogen) atoms. The van der Waals surface area contributed by atoms with E-state index in [2.05, 4.69) is 19.9 Å². The number of phenols is 1. The molecule has 2 amide bonds. The van der Waals surface area contributed by atoms with Crippen molar-refractivity contribution in [1.82, 2.24) is 9.88 Å². The first kappa shape index (κ1) is 29.0. The van der Waals surface area contributed by atoms with Crippen molar-refractivity contribution in [1.29, 1.82) is 0 Å². The third-order valence-electron chi connectivity index (χ3n) is 10.5. The van der Waals surface area contributed by atoms with Crippen LogP contribution in [0.25, 0.3) is 22.4 Å².